The molecular formula is C19H25F3N2O5. The van der Waals surface area contributed by atoms with Crippen LogP contribution in [0.2, 0.25) is 0 Å². The van der Waals surface area contributed by atoms with Crippen molar-refractivity contribution < 1.29 is 37.3 Å². The molecule has 2 saturated heterocycles. The number of likely N-dealkylation sites (tertiary alicyclic amines) is 1. The number of nitrogens with zero attached hydrogens (tertiary/aromatic N) is 2. The Hall–Kier alpha value is -2.33. The first-order chi connectivity index (χ1) is 13.5. The largest absolute Gasteiger partial charge is 0.497 e. The summed E-state index contributed by atoms with van der Waals surface area (Å²) in [5.74, 6) is -1.75. The second-order valence-electron chi connectivity index (χ2n) is 7.11. The van der Waals surface area contributed by atoms with Crippen molar-refractivity contribution >= 4 is 11.9 Å². The molecule has 0 spiro atoms. The zero-order chi connectivity index (χ0) is 21.8. The molecule has 2 fully saturated rings. The second-order valence-corrected chi connectivity index (χ2v) is 7.11. The summed E-state index contributed by atoms with van der Waals surface area (Å²) < 4.78 is 42.8. The molecule has 7 nitrogen and oxygen atoms in total. The van der Waals surface area contributed by atoms with Crippen LogP contribution in [0.15, 0.2) is 24.3 Å². The van der Waals surface area contributed by atoms with E-state index in [-0.39, 0.29) is 17.9 Å². The van der Waals surface area contributed by atoms with Gasteiger partial charge in [0.2, 0.25) is 5.91 Å². The SMILES string of the molecule is COc1ccc(CN2C[C@H](C(=O)N(C)C)[C@H]3OCC[C@H]32)cc1.O=C(O)C(F)(F)F. The minimum atomic E-state index is -5.08. The first-order valence-corrected chi connectivity index (χ1v) is 9.04. The molecule has 1 aromatic rings. The van der Waals surface area contributed by atoms with Gasteiger partial charge in [0, 0.05) is 39.8 Å². The van der Waals surface area contributed by atoms with E-state index < -0.39 is 12.1 Å². The smallest absolute Gasteiger partial charge is 0.490 e. The minimum absolute atomic E-state index is 0.0410. The number of methoxy groups -OCH3 is 1. The van der Waals surface area contributed by atoms with Crippen molar-refractivity contribution in [3.63, 3.8) is 0 Å². The first kappa shape index (κ1) is 23.0. The number of halogens is 3. The minimum Gasteiger partial charge on any atom is -0.497 e. The number of hydrogen-bond acceptors (Lipinski definition) is 5. The summed E-state index contributed by atoms with van der Waals surface area (Å²) in [7, 11) is 5.31. The lowest BCUT2D eigenvalue weighted by atomic mass is 10.0. The number of carbonyl (C=O) groups excluding carboxylic acids is 1. The first-order valence-electron chi connectivity index (χ1n) is 9.04. The van der Waals surface area contributed by atoms with Crippen LogP contribution >= 0.6 is 0 Å². The van der Waals surface area contributed by atoms with Gasteiger partial charge in [-0.25, -0.2) is 4.79 Å². The van der Waals surface area contributed by atoms with Gasteiger partial charge in [0.05, 0.1) is 19.1 Å². The highest BCUT2D eigenvalue weighted by Gasteiger charge is 2.48. The van der Waals surface area contributed by atoms with E-state index in [2.05, 4.69) is 17.0 Å². The van der Waals surface area contributed by atoms with E-state index in [9.17, 15) is 18.0 Å². The predicted molar refractivity (Wildman–Crippen MR) is 97.4 cm³/mol. The van der Waals surface area contributed by atoms with Gasteiger partial charge in [0.25, 0.3) is 0 Å². The Morgan fingerprint density at radius 3 is 2.34 bits per heavy atom. The normalized spacial score (nSPS) is 23.7. The van der Waals surface area contributed by atoms with Gasteiger partial charge in [-0.2, -0.15) is 13.2 Å². The molecule has 3 rings (SSSR count). The lowest BCUT2D eigenvalue weighted by molar-refractivity contribution is -0.192. The summed E-state index contributed by atoms with van der Waals surface area (Å²) in [4.78, 5) is 25.3. The zero-order valence-electron chi connectivity index (χ0n) is 16.5. The van der Waals surface area contributed by atoms with Crippen LogP contribution in [0.5, 0.6) is 5.75 Å². The molecule has 0 radical (unpaired) electrons. The summed E-state index contributed by atoms with van der Waals surface area (Å²) in [5, 5.41) is 7.12. The van der Waals surface area contributed by atoms with Gasteiger partial charge in [0.1, 0.15) is 5.75 Å². The standard InChI is InChI=1S/C17H24N2O3.C2HF3O2/c1-18(2)17(20)14-11-19(15-8-9-22-16(14)15)10-12-4-6-13(21-3)7-5-12;3-2(4,5)1(6)7/h4-7,14-16H,8-11H2,1-3H3;(H,6,7)/t14-,15+,16+;/m0./s1. The third-order valence-electron chi connectivity index (χ3n) is 4.95. The molecule has 2 heterocycles. The topological polar surface area (TPSA) is 79.3 Å². The van der Waals surface area contributed by atoms with Gasteiger partial charge in [-0.15, -0.1) is 0 Å². The summed E-state index contributed by atoms with van der Waals surface area (Å²) in [6.45, 7) is 2.38. The highest BCUT2D eigenvalue weighted by atomic mass is 19.4. The Morgan fingerprint density at radius 1 is 1.28 bits per heavy atom. The van der Waals surface area contributed by atoms with Crippen LogP contribution in [0, 0.1) is 5.92 Å². The maximum Gasteiger partial charge on any atom is 0.490 e. The Bertz CT molecular complexity index is 709. The van der Waals surface area contributed by atoms with E-state index in [0.29, 0.717) is 6.04 Å². The number of rotatable bonds is 4. The molecular weight excluding hydrogens is 393 g/mol. The molecule has 0 unspecified atom stereocenters. The fourth-order valence-corrected chi connectivity index (χ4v) is 3.56. The molecule has 1 amide bonds. The summed E-state index contributed by atoms with van der Waals surface area (Å²) in [6.07, 6.45) is -4.02. The summed E-state index contributed by atoms with van der Waals surface area (Å²) in [5.41, 5.74) is 1.24. The Labute approximate surface area is 167 Å². The fourth-order valence-electron chi connectivity index (χ4n) is 3.56. The average molecular weight is 418 g/mol. The lowest BCUT2D eigenvalue weighted by Gasteiger charge is -2.22. The van der Waals surface area contributed by atoms with Crippen molar-refractivity contribution in [1.29, 1.82) is 0 Å². The maximum absolute atomic E-state index is 12.4. The van der Waals surface area contributed by atoms with E-state index in [0.717, 1.165) is 31.9 Å². The molecule has 0 aromatic heterocycles. The van der Waals surface area contributed by atoms with Gasteiger partial charge in [-0.3, -0.25) is 9.69 Å². The number of ether oxygens (including phenoxy) is 2. The fraction of sp³-hybridized carbons (Fsp3) is 0.579. The van der Waals surface area contributed by atoms with Crippen molar-refractivity contribution in [1.82, 2.24) is 9.80 Å². The molecule has 162 valence electrons. The molecule has 2 aliphatic heterocycles. The maximum atomic E-state index is 12.4. The van der Waals surface area contributed by atoms with Crippen LogP contribution in [0.4, 0.5) is 13.2 Å². The number of amides is 1. The van der Waals surface area contributed by atoms with Crippen LogP contribution in [-0.4, -0.2) is 79.5 Å². The van der Waals surface area contributed by atoms with Crippen molar-refractivity contribution in [3.05, 3.63) is 29.8 Å². The quantitative estimate of drug-likeness (QED) is 0.806. The molecule has 10 heteroatoms. The lowest BCUT2D eigenvalue weighted by Crippen LogP contribution is -2.37. The molecule has 1 N–H and O–H groups in total. The summed E-state index contributed by atoms with van der Waals surface area (Å²) >= 11 is 0. The number of carbonyl (C=O) groups is 2. The zero-order valence-corrected chi connectivity index (χ0v) is 16.5. The molecule has 0 aliphatic carbocycles. The van der Waals surface area contributed by atoms with Crippen LogP contribution in [0.25, 0.3) is 0 Å². The number of benzene rings is 1. The number of carboxylic acid groups (broad SMARTS) is 1. The number of alkyl halides is 3. The third kappa shape index (κ3) is 5.83. The number of aliphatic carboxylic acids is 1. The van der Waals surface area contributed by atoms with Crippen LogP contribution in [-0.2, 0) is 20.9 Å². The molecule has 1 aromatic carbocycles. The van der Waals surface area contributed by atoms with Crippen LogP contribution in [0.1, 0.15) is 12.0 Å². The molecule has 0 saturated carbocycles. The van der Waals surface area contributed by atoms with E-state index in [1.54, 1.807) is 12.0 Å². The van der Waals surface area contributed by atoms with E-state index in [4.69, 9.17) is 19.4 Å². The Kier molecular flexibility index (Phi) is 7.48. The van der Waals surface area contributed by atoms with Crippen LogP contribution in [0.3, 0.4) is 0 Å². The van der Waals surface area contributed by atoms with Crippen LogP contribution < -0.4 is 4.74 Å². The van der Waals surface area contributed by atoms with Gasteiger partial charge < -0.3 is 19.5 Å². The molecule has 3 atom stereocenters. The average Bonchev–Trinajstić information content (AvgIpc) is 3.25. The van der Waals surface area contributed by atoms with Crippen molar-refractivity contribution in [2.45, 2.75) is 31.3 Å². The van der Waals surface area contributed by atoms with Gasteiger partial charge in [-0.05, 0) is 24.1 Å². The van der Waals surface area contributed by atoms with E-state index in [1.165, 1.54) is 5.56 Å². The highest BCUT2D eigenvalue weighted by Crippen LogP contribution is 2.35. The van der Waals surface area contributed by atoms with Gasteiger partial charge in [0.15, 0.2) is 0 Å². The predicted octanol–water partition coefficient (Wildman–Crippen LogP) is 2.01. The number of carboxylic acids is 1. The molecule has 0 bridgehead atoms. The summed E-state index contributed by atoms with van der Waals surface area (Å²) in [6, 6.07) is 8.50. The van der Waals surface area contributed by atoms with E-state index >= 15 is 0 Å². The van der Waals surface area contributed by atoms with E-state index in [1.807, 2.05) is 26.2 Å². The third-order valence-corrected chi connectivity index (χ3v) is 4.95. The van der Waals surface area contributed by atoms with Gasteiger partial charge >= 0.3 is 12.1 Å². The Morgan fingerprint density at radius 2 is 1.86 bits per heavy atom. The van der Waals surface area contributed by atoms with Crippen molar-refractivity contribution in [3.8, 4) is 5.75 Å². The van der Waals surface area contributed by atoms with Gasteiger partial charge in [-0.1, -0.05) is 12.1 Å². The number of hydrogen-bond donors (Lipinski definition) is 1. The Balaban J connectivity index is 0.000000370. The van der Waals surface area contributed by atoms with Crippen molar-refractivity contribution in [2.24, 2.45) is 5.92 Å². The molecule has 29 heavy (non-hydrogen) atoms. The monoisotopic (exact) mass is 418 g/mol. The second kappa shape index (κ2) is 9.45. The highest BCUT2D eigenvalue weighted by molar-refractivity contribution is 5.79. The number of fused-ring (bicyclic) bond motifs is 1. The van der Waals surface area contributed by atoms with Crippen molar-refractivity contribution in [2.75, 3.05) is 34.4 Å². The molecule has 2 aliphatic rings.